The van der Waals surface area contributed by atoms with E-state index >= 15 is 0 Å². The topological polar surface area (TPSA) is 60.9 Å². The third-order valence-corrected chi connectivity index (χ3v) is 5.14. The molecule has 3 rings (SSSR count). The second kappa shape index (κ2) is 8.32. The van der Waals surface area contributed by atoms with Crippen LogP contribution in [-0.2, 0) is 4.79 Å². The molecule has 0 spiro atoms. The van der Waals surface area contributed by atoms with Gasteiger partial charge in [0.25, 0.3) is 5.91 Å². The van der Waals surface area contributed by atoms with Crippen molar-refractivity contribution in [2.75, 3.05) is 32.8 Å². The number of aliphatic hydroxyl groups excluding tert-OH is 1. The van der Waals surface area contributed by atoms with Gasteiger partial charge in [-0.2, -0.15) is 0 Å². The third-order valence-electron chi connectivity index (χ3n) is 5.14. The van der Waals surface area contributed by atoms with Crippen LogP contribution in [0, 0.1) is 5.92 Å². The molecule has 26 heavy (non-hydrogen) atoms. The number of hydrogen-bond acceptors (Lipinski definition) is 3. The fourth-order valence-electron chi connectivity index (χ4n) is 3.75. The molecule has 0 aromatic heterocycles. The molecule has 1 N–H and O–H groups in total. The number of carbonyl (C=O) groups is 2. The summed E-state index contributed by atoms with van der Waals surface area (Å²) in [5.74, 6) is -0.157. The van der Waals surface area contributed by atoms with Crippen molar-refractivity contribution in [1.29, 1.82) is 0 Å². The Kier molecular flexibility index (Phi) is 5.89. The second-order valence-corrected chi connectivity index (χ2v) is 6.76. The van der Waals surface area contributed by atoms with Gasteiger partial charge in [0.15, 0.2) is 0 Å². The Labute approximate surface area is 154 Å². The van der Waals surface area contributed by atoms with Gasteiger partial charge in [-0.25, -0.2) is 0 Å². The molecule has 2 amide bonds. The Balaban J connectivity index is 1.78. The summed E-state index contributed by atoms with van der Waals surface area (Å²) in [5.41, 5.74) is 0.693. The van der Waals surface area contributed by atoms with E-state index in [2.05, 4.69) is 0 Å². The van der Waals surface area contributed by atoms with Crippen LogP contribution in [0.2, 0.25) is 0 Å². The number of hydrogen-bond donors (Lipinski definition) is 1. The van der Waals surface area contributed by atoms with Crippen LogP contribution in [0.15, 0.2) is 42.5 Å². The number of likely N-dealkylation sites (N-methyl/N-ethyl adjacent to an activating group) is 1. The largest absolute Gasteiger partial charge is 0.395 e. The van der Waals surface area contributed by atoms with E-state index in [0.29, 0.717) is 31.7 Å². The molecule has 1 atom stereocenters. The Bertz CT molecular complexity index is 784. The number of aliphatic hydroxyl groups is 1. The lowest BCUT2D eigenvalue weighted by molar-refractivity contribution is -0.137. The number of carbonyl (C=O) groups excluding carboxylic acids is 2. The first-order valence-electron chi connectivity index (χ1n) is 9.32. The van der Waals surface area contributed by atoms with Crippen LogP contribution >= 0.6 is 0 Å². The first kappa shape index (κ1) is 18.4. The highest BCUT2D eigenvalue weighted by atomic mass is 16.3. The predicted molar refractivity (Wildman–Crippen MR) is 102 cm³/mol. The molecule has 1 saturated heterocycles. The maximum atomic E-state index is 13.1. The van der Waals surface area contributed by atoms with Gasteiger partial charge in [-0.05, 0) is 36.6 Å². The van der Waals surface area contributed by atoms with E-state index in [4.69, 9.17) is 5.11 Å². The lowest BCUT2D eigenvalue weighted by Crippen LogP contribution is -2.47. The van der Waals surface area contributed by atoms with Crippen molar-refractivity contribution >= 4 is 22.6 Å². The lowest BCUT2D eigenvalue weighted by Gasteiger charge is -2.35. The lowest BCUT2D eigenvalue weighted by atomic mass is 9.95. The second-order valence-electron chi connectivity index (χ2n) is 6.76. The molecule has 2 aromatic rings. The van der Waals surface area contributed by atoms with E-state index in [1.807, 2.05) is 49.4 Å². The molecule has 1 aliphatic heterocycles. The summed E-state index contributed by atoms with van der Waals surface area (Å²) in [6.07, 6.45) is 1.61. The van der Waals surface area contributed by atoms with Crippen LogP contribution in [0.5, 0.6) is 0 Å². The molecule has 1 aliphatic rings. The normalized spacial score (nSPS) is 17.3. The Morgan fingerprint density at radius 2 is 1.96 bits per heavy atom. The van der Waals surface area contributed by atoms with Crippen molar-refractivity contribution in [1.82, 2.24) is 9.80 Å². The van der Waals surface area contributed by atoms with Crippen LogP contribution in [0.3, 0.4) is 0 Å². The SMILES string of the molecule is CCN(CCO)C(=O)C1CCCN(C(=O)c2cccc3ccccc23)C1. The van der Waals surface area contributed by atoms with Gasteiger partial charge in [-0.1, -0.05) is 36.4 Å². The molecule has 138 valence electrons. The number of benzene rings is 2. The first-order valence-corrected chi connectivity index (χ1v) is 9.32. The molecule has 0 aliphatic carbocycles. The molecular formula is C21H26N2O3. The van der Waals surface area contributed by atoms with E-state index < -0.39 is 0 Å². The third kappa shape index (κ3) is 3.73. The van der Waals surface area contributed by atoms with Gasteiger partial charge >= 0.3 is 0 Å². The van der Waals surface area contributed by atoms with Crippen LogP contribution in [0.4, 0.5) is 0 Å². The predicted octanol–water partition coefficient (Wildman–Crippen LogP) is 2.53. The van der Waals surface area contributed by atoms with Crippen molar-refractivity contribution in [3.05, 3.63) is 48.0 Å². The number of piperidine rings is 1. The van der Waals surface area contributed by atoms with Gasteiger partial charge in [-0.3, -0.25) is 9.59 Å². The van der Waals surface area contributed by atoms with Crippen LogP contribution in [-0.4, -0.2) is 59.5 Å². The van der Waals surface area contributed by atoms with E-state index in [-0.39, 0.29) is 24.3 Å². The maximum absolute atomic E-state index is 13.1. The quantitative estimate of drug-likeness (QED) is 0.898. The number of fused-ring (bicyclic) bond motifs is 1. The van der Waals surface area contributed by atoms with Gasteiger partial charge in [0.2, 0.25) is 5.91 Å². The number of rotatable bonds is 5. The summed E-state index contributed by atoms with van der Waals surface area (Å²) in [6.45, 7) is 3.93. The summed E-state index contributed by atoms with van der Waals surface area (Å²) in [4.78, 5) is 29.3. The smallest absolute Gasteiger partial charge is 0.254 e. The van der Waals surface area contributed by atoms with Crippen molar-refractivity contribution in [3.63, 3.8) is 0 Å². The van der Waals surface area contributed by atoms with Gasteiger partial charge in [-0.15, -0.1) is 0 Å². The molecule has 1 fully saturated rings. The fourth-order valence-corrected chi connectivity index (χ4v) is 3.75. The maximum Gasteiger partial charge on any atom is 0.254 e. The fraction of sp³-hybridized carbons (Fsp3) is 0.429. The Morgan fingerprint density at radius 3 is 2.73 bits per heavy atom. The monoisotopic (exact) mass is 354 g/mol. The van der Waals surface area contributed by atoms with Crippen LogP contribution in [0.1, 0.15) is 30.1 Å². The molecule has 1 unspecified atom stereocenters. The summed E-state index contributed by atoms with van der Waals surface area (Å²) in [6, 6.07) is 13.6. The Morgan fingerprint density at radius 1 is 1.19 bits per heavy atom. The molecule has 0 bridgehead atoms. The zero-order chi connectivity index (χ0) is 18.5. The van der Waals surface area contributed by atoms with Gasteiger partial charge in [0, 0.05) is 31.7 Å². The van der Waals surface area contributed by atoms with Gasteiger partial charge < -0.3 is 14.9 Å². The zero-order valence-electron chi connectivity index (χ0n) is 15.2. The van der Waals surface area contributed by atoms with E-state index in [1.54, 1.807) is 9.80 Å². The average molecular weight is 354 g/mol. The summed E-state index contributed by atoms with van der Waals surface area (Å²) in [5, 5.41) is 11.1. The van der Waals surface area contributed by atoms with Crippen LogP contribution < -0.4 is 0 Å². The highest BCUT2D eigenvalue weighted by molar-refractivity contribution is 6.07. The minimum absolute atomic E-state index is 0.00972. The van der Waals surface area contributed by atoms with E-state index in [1.165, 1.54) is 0 Å². The summed E-state index contributed by atoms with van der Waals surface area (Å²) < 4.78 is 0. The number of nitrogens with zero attached hydrogens (tertiary/aromatic N) is 2. The standard InChI is InChI=1S/C21H26N2O3/c1-2-22(13-14-24)20(25)17-9-6-12-23(15-17)21(26)19-11-5-8-16-7-3-4-10-18(16)19/h3-5,7-8,10-11,17,24H,2,6,9,12-15H2,1H3. The minimum atomic E-state index is -0.186. The number of likely N-dealkylation sites (tertiary alicyclic amines) is 1. The molecule has 0 radical (unpaired) electrons. The molecule has 2 aromatic carbocycles. The van der Waals surface area contributed by atoms with E-state index in [0.717, 1.165) is 23.6 Å². The van der Waals surface area contributed by atoms with Gasteiger partial charge in [0.1, 0.15) is 0 Å². The molecule has 1 heterocycles. The van der Waals surface area contributed by atoms with Gasteiger partial charge in [0.05, 0.1) is 12.5 Å². The highest BCUT2D eigenvalue weighted by Gasteiger charge is 2.31. The molecule has 5 heteroatoms. The minimum Gasteiger partial charge on any atom is -0.395 e. The van der Waals surface area contributed by atoms with Crippen LogP contribution in [0.25, 0.3) is 10.8 Å². The van der Waals surface area contributed by atoms with Crippen molar-refractivity contribution in [2.45, 2.75) is 19.8 Å². The first-order chi connectivity index (χ1) is 12.7. The van der Waals surface area contributed by atoms with E-state index in [9.17, 15) is 9.59 Å². The summed E-state index contributed by atoms with van der Waals surface area (Å²) >= 11 is 0. The zero-order valence-corrected chi connectivity index (χ0v) is 15.2. The van der Waals surface area contributed by atoms with Crippen molar-refractivity contribution in [2.24, 2.45) is 5.92 Å². The summed E-state index contributed by atoms with van der Waals surface area (Å²) in [7, 11) is 0. The average Bonchev–Trinajstić information content (AvgIpc) is 2.70. The molecular weight excluding hydrogens is 328 g/mol. The Hall–Kier alpha value is -2.40. The highest BCUT2D eigenvalue weighted by Crippen LogP contribution is 2.24. The van der Waals surface area contributed by atoms with Crippen molar-refractivity contribution < 1.29 is 14.7 Å². The van der Waals surface area contributed by atoms with Crippen molar-refractivity contribution in [3.8, 4) is 0 Å². The number of amides is 2. The molecule has 5 nitrogen and oxygen atoms in total. The molecule has 0 saturated carbocycles.